The number of hydrogen-bond acceptors (Lipinski definition) is 5. The molecule has 104 valence electrons. The van der Waals surface area contributed by atoms with Gasteiger partial charge in [0.15, 0.2) is 6.61 Å². The van der Waals surface area contributed by atoms with Crippen LogP contribution in [0.3, 0.4) is 0 Å². The molecular formula is C13H12N2O5. The van der Waals surface area contributed by atoms with Crippen LogP contribution in [0, 0.1) is 0 Å². The van der Waals surface area contributed by atoms with E-state index in [0.717, 1.165) is 4.90 Å². The molecule has 0 fully saturated rings. The summed E-state index contributed by atoms with van der Waals surface area (Å²) in [4.78, 5) is 46.7. The van der Waals surface area contributed by atoms with Gasteiger partial charge in [-0.25, -0.2) is 0 Å². The van der Waals surface area contributed by atoms with Crippen LogP contribution in [-0.4, -0.2) is 41.7 Å². The van der Waals surface area contributed by atoms with Crippen molar-refractivity contribution in [2.75, 3.05) is 13.2 Å². The molecule has 0 unspecified atom stereocenters. The highest BCUT2D eigenvalue weighted by Crippen LogP contribution is 2.22. The van der Waals surface area contributed by atoms with E-state index in [9.17, 15) is 19.2 Å². The highest BCUT2D eigenvalue weighted by atomic mass is 16.5. The van der Waals surface area contributed by atoms with E-state index in [1.54, 1.807) is 24.3 Å². The molecular weight excluding hydrogens is 264 g/mol. The van der Waals surface area contributed by atoms with E-state index < -0.39 is 30.3 Å². The number of fused-ring (bicyclic) bond motifs is 1. The Bertz CT molecular complexity index is 561. The van der Waals surface area contributed by atoms with Gasteiger partial charge < -0.3 is 10.5 Å². The summed E-state index contributed by atoms with van der Waals surface area (Å²) in [6.45, 7) is -0.606. The predicted octanol–water partition coefficient (Wildman–Crippen LogP) is -0.299. The van der Waals surface area contributed by atoms with Gasteiger partial charge in [0, 0.05) is 6.54 Å². The average molecular weight is 276 g/mol. The van der Waals surface area contributed by atoms with E-state index in [1.165, 1.54) is 0 Å². The zero-order valence-electron chi connectivity index (χ0n) is 10.5. The lowest BCUT2D eigenvalue weighted by Crippen LogP contribution is -2.32. The number of primary amides is 1. The number of imide groups is 1. The molecule has 2 rings (SSSR count). The number of amides is 3. The zero-order valence-corrected chi connectivity index (χ0v) is 10.5. The van der Waals surface area contributed by atoms with Gasteiger partial charge in [0.2, 0.25) is 0 Å². The minimum atomic E-state index is -0.765. The zero-order chi connectivity index (χ0) is 14.7. The summed E-state index contributed by atoms with van der Waals surface area (Å²) in [5, 5.41) is 0. The highest BCUT2D eigenvalue weighted by molar-refractivity contribution is 6.21. The van der Waals surface area contributed by atoms with Gasteiger partial charge in [-0.15, -0.1) is 0 Å². The molecule has 0 radical (unpaired) electrons. The summed E-state index contributed by atoms with van der Waals surface area (Å²) in [7, 11) is 0. The van der Waals surface area contributed by atoms with Crippen LogP contribution in [0.1, 0.15) is 27.1 Å². The number of carbonyl (C=O) groups is 4. The summed E-state index contributed by atoms with van der Waals surface area (Å²) in [6.07, 6.45) is -0.182. The molecule has 0 aromatic heterocycles. The summed E-state index contributed by atoms with van der Waals surface area (Å²) in [6, 6.07) is 6.44. The van der Waals surface area contributed by atoms with Crippen LogP contribution >= 0.6 is 0 Å². The molecule has 0 bridgehead atoms. The largest absolute Gasteiger partial charge is 0.456 e. The molecule has 0 saturated heterocycles. The summed E-state index contributed by atoms with van der Waals surface area (Å²) >= 11 is 0. The minimum absolute atomic E-state index is 0.0933. The maximum Gasteiger partial charge on any atom is 0.308 e. The maximum atomic E-state index is 12.0. The summed E-state index contributed by atoms with van der Waals surface area (Å²) in [5.74, 6) is -2.33. The quantitative estimate of drug-likeness (QED) is 0.587. The van der Waals surface area contributed by atoms with Crippen molar-refractivity contribution < 1.29 is 23.9 Å². The third-order valence-electron chi connectivity index (χ3n) is 2.79. The molecule has 1 aliphatic rings. The van der Waals surface area contributed by atoms with Crippen LogP contribution < -0.4 is 5.73 Å². The van der Waals surface area contributed by atoms with Crippen molar-refractivity contribution in [1.29, 1.82) is 0 Å². The molecule has 0 spiro atoms. The molecule has 3 amide bonds. The summed E-state index contributed by atoms with van der Waals surface area (Å²) < 4.78 is 4.55. The van der Waals surface area contributed by atoms with Gasteiger partial charge in [0.05, 0.1) is 17.5 Å². The lowest BCUT2D eigenvalue weighted by Gasteiger charge is -2.12. The van der Waals surface area contributed by atoms with Crippen LogP contribution in [-0.2, 0) is 14.3 Å². The lowest BCUT2D eigenvalue weighted by molar-refractivity contribution is -0.147. The van der Waals surface area contributed by atoms with Crippen molar-refractivity contribution in [3.8, 4) is 0 Å². The Balaban J connectivity index is 1.96. The number of nitrogens with zero attached hydrogens (tertiary/aromatic N) is 1. The first kappa shape index (κ1) is 13.7. The van der Waals surface area contributed by atoms with E-state index in [0.29, 0.717) is 11.1 Å². The van der Waals surface area contributed by atoms with Gasteiger partial charge in [-0.1, -0.05) is 12.1 Å². The second-order valence-electron chi connectivity index (χ2n) is 4.18. The first-order chi connectivity index (χ1) is 9.50. The Labute approximate surface area is 114 Å². The Morgan fingerprint density at radius 1 is 1.10 bits per heavy atom. The van der Waals surface area contributed by atoms with Crippen molar-refractivity contribution in [2.24, 2.45) is 5.73 Å². The van der Waals surface area contributed by atoms with Gasteiger partial charge in [-0.3, -0.25) is 24.1 Å². The Hall–Kier alpha value is -2.70. The van der Waals surface area contributed by atoms with Crippen LogP contribution in [0.4, 0.5) is 0 Å². The summed E-state index contributed by atoms with van der Waals surface area (Å²) in [5.41, 5.74) is 5.47. The molecule has 0 atom stereocenters. The number of benzene rings is 1. The van der Waals surface area contributed by atoms with Crippen molar-refractivity contribution in [1.82, 2.24) is 4.90 Å². The van der Waals surface area contributed by atoms with E-state index in [1.807, 2.05) is 0 Å². The van der Waals surface area contributed by atoms with Gasteiger partial charge >= 0.3 is 5.97 Å². The molecule has 0 saturated carbocycles. The monoisotopic (exact) mass is 276 g/mol. The third kappa shape index (κ3) is 2.66. The molecule has 1 heterocycles. The van der Waals surface area contributed by atoms with Gasteiger partial charge in [0.25, 0.3) is 17.7 Å². The van der Waals surface area contributed by atoms with Crippen LogP contribution in [0.15, 0.2) is 24.3 Å². The van der Waals surface area contributed by atoms with Crippen LogP contribution in [0.25, 0.3) is 0 Å². The lowest BCUT2D eigenvalue weighted by atomic mass is 10.1. The average Bonchev–Trinajstić information content (AvgIpc) is 2.67. The number of hydrogen-bond donors (Lipinski definition) is 1. The topological polar surface area (TPSA) is 107 Å². The highest BCUT2D eigenvalue weighted by Gasteiger charge is 2.35. The molecule has 1 aromatic carbocycles. The molecule has 2 N–H and O–H groups in total. The number of carbonyl (C=O) groups excluding carboxylic acids is 4. The molecule has 1 aliphatic heterocycles. The maximum absolute atomic E-state index is 12.0. The van der Waals surface area contributed by atoms with E-state index >= 15 is 0 Å². The molecule has 7 heteroatoms. The first-order valence-corrected chi connectivity index (χ1v) is 5.90. The van der Waals surface area contributed by atoms with Crippen molar-refractivity contribution in [3.63, 3.8) is 0 Å². The second kappa shape index (κ2) is 5.52. The van der Waals surface area contributed by atoms with Gasteiger partial charge in [-0.2, -0.15) is 0 Å². The van der Waals surface area contributed by atoms with Gasteiger partial charge in [-0.05, 0) is 12.1 Å². The number of nitrogens with two attached hydrogens (primary N) is 1. The normalized spacial score (nSPS) is 13.3. The minimum Gasteiger partial charge on any atom is -0.456 e. The van der Waals surface area contributed by atoms with Crippen LogP contribution in [0.5, 0.6) is 0 Å². The number of ether oxygens (including phenoxy) is 1. The Kier molecular flexibility index (Phi) is 3.79. The number of rotatable bonds is 5. The van der Waals surface area contributed by atoms with Gasteiger partial charge in [0.1, 0.15) is 0 Å². The molecule has 0 aliphatic carbocycles. The standard InChI is InChI=1S/C13H12N2O5/c14-10(16)7-20-11(17)5-6-15-12(18)8-3-1-2-4-9(8)13(15)19/h1-4H,5-7H2,(H2,14,16). The van der Waals surface area contributed by atoms with Crippen LogP contribution in [0.2, 0.25) is 0 Å². The SMILES string of the molecule is NC(=O)COC(=O)CCN1C(=O)c2ccccc2C1=O. The smallest absolute Gasteiger partial charge is 0.308 e. The predicted molar refractivity (Wildman–Crippen MR) is 66.6 cm³/mol. The fourth-order valence-corrected chi connectivity index (χ4v) is 1.87. The van der Waals surface area contributed by atoms with Crippen molar-refractivity contribution in [3.05, 3.63) is 35.4 Å². The fraction of sp³-hybridized carbons (Fsp3) is 0.231. The van der Waals surface area contributed by atoms with E-state index in [4.69, 9.17) is 5.73 Å². The van der Waals surface area contributed by atoms with Crippen molar-refractivity contribution in [2.45, 2.75) is 6.42 Å². The molecule has 20 heavy (non-hydrogen) atoms. The second-order valence-corrected chi connectivity index (χ2v) is 4.18. The van der Waals surface area contributed by atoms with E-state index in [-0.39, 0.29) is 13.0 Å². The fourth-order valence-electron chi connectivity index (χ4n) is 1.87. The Morgan fingerprint density at radius 3 is 2.15 bits per heavy atom. The number of esters is 1. The third-order valence-corrected chi connectivity index (χ3v) is 2.79. The van der Waals surface area contributed by atoms with Crippen molar-refractivity contribution >= 4 is 23.7 Å². The van der Waals surface area contributed by atoms with E-state index in [2.05, 4.69) is 4.74 Å². The molecule has 7 nitrogen and oxygen atoms in total. The Morgan fingerprint density at radius 2 is 1.65 bits per heavy atom. The first-order valence-electron chi connectivity index (χ1n) is 5.90. The molecule has 1 aromatic rings.